The van der Waals surface area contributed by atoms with Gasteiger partial charge in [0.25, 0.3) is 0 Å². The maximum absolute atomic E-state index is 12.2. The van der Waals surface area contributed by atoms with Gasteiger partial charge in [-0.1, -0.05) is 30.3 Å². The Morgan fingerprint density at radius 1 is 1.09 bits per heavy atom. The first-order chi connectivity index (χ1) is 11.1. The summed E-state index contributed by atoms with van der Waals surface area (Å²) in [5, 5.41) is 3.52. The topological polar surface area (TPSA) is 85.3 Å². The molecule has 0 fully saturated rings. The molecule has 0 radical (unpaired) electrons. The maximum Gasteiger partial charge on any atom is 0.336 e. The lowest BCUT2D eigenvalue weighted by Crippen LogP contribution is -2.37. The molecule has 23 heavy (non-hydrogen) atoms. The van der Waals surface area contributed by atoms with Crippen LogP contribution in [0.3, 0.4) is 0 Å². The summed E-state index contributed by atoms with van der Waals surface area (Å²) in [6.07, 6.45) is 0.467. The molecule has 116 valence electrons. The van der Waals surface area contributed by atoms with Crippen molar-refractivity contribution in [1.82, 2.24) is 0 Å². The van der Waals surface area contributed by atoms with Crippen molar-refractivity contribution in [1.29, 1.82) is 0 Å². The van der Waals surface area contributed by atoms with Gasteiger partial charge in [0.1, 0.15) is 5.58 Å². The molecule has 5 nitrogen and oxygen atoms in total. The molecular weight excluding hydrogens is 292 g/mol. The van der Waals surface area contributed by atoms with Crippen LogP contribution in [0, 0.1) is 0 Å². The smallest absolute Gasteiger partial charge is 0.336 e. The predicted octanol–water partition coefficient (Wildman–Crippen LogP) is 2.30. The molecule has 1 heterocycles. The molecular formula is C18H16N2O3. The molecule has 3 aromatic rings. The molecule has 0 saturated carbocycles. The number of carbonyl (C=O) groups is 1. The number of hydrogen-bond donors (Lipinski definition) is 2. The van der Waals surface area contributed by atoms with E-state index < -0.39 is 11.7 Å². The number of amides is 1. The van der Waals surface area contributed by atoms with Gasteiger partial charge >= 0.3 is 5.63 Å². The third-order valence-electron chi connectivity index (χ3n) is 3.52. The lowest BCUT2D eigenvalue weighted by Gasteiger charge is -2.12. The third kappa shape index (κ3) is 3.64. The van der Waals surface area contributed by atoms with Crippen molar-refractivity contribution in [2.24, 2.45) is 5.73 Å². The van der Waals surface area contributed by atoms with Gasteiger partial charge in [0, 0.05) is 17.1 Å². The standard InChI is InChI=1S/C18H16N2O3/c19-15(10-12-4-2-1-3-5-12)18(22)20-14-7-8-16-13(11-14)6-9-17(21)23-16/h1-9,11,15H,10,19H2,(H,20,22). The van der Waals surface area contributed by atoms with Gasteiger partial charge in [-0.15, -0.1) is 0 Å². The molecule has 0 aliphatic rings. The first-order valence-corrected chi connectivity index (χ1v) is 7.26. The van der Waals surface area contributed by atoms with Crippen molar-refractivity contribution < 1.29 is 9.21 Å². The highest BCUT2D eigenvalue weighted by Crippen LogP contribution is 2.18. The average Bonchev–Trinajstić information content (AvgIpc) is 2.56. The molecule has 1 unspecified atom stereocenters. The zero-order chi connectivity index (χ0) is 16.2. The van der Waals surface area contributed by atoms with Crippen molar-refractivity contribution in [3.8, 4) is 0 Å². The van der Waals surface area contributed by atoms with E-state index >= 15 is 0 Å². The van der Waals surface area contributed by atoms with Gasteiger partial charge < -0.3 is 15.5 Å². The molecule has 0 aliphatic carbocycles. The van der Waals surface area contributed by atoms with E-state index in [1.165, 1.54) is 6.07 Å². The minimum Gasteiger partial charge on any atom is -0.423 e. The van der Waals surface area contributed by atoms with E-state index in [1.54, 1.807) is 24.3 Å². The van der Waals surface area contributed by atoms with Crippen LogP contribution in [0.5, 0.6) is 0 Å². The number of nitrogens with two attached hydrogens (primary N) is 1. The normalized spacial score (nSPS) is 12.0. The molecule has 3 N–H and O–H groups in total. The highest BCUT2D eigenvalue weighted by atomic mass is 16.4. The van der Waals surface area contributed by atoms with Crippen LogP contribution in [-0.4, -0.2) is 11.9 Å². The second-order valence-electron chi connectivity index (χ2n) is 5.29. The average molecular weight is 308 g/mol. The summed E-state index contributed by atoms with van der Waals surface area (Å²) in [6, 6.07) is 17.0. The van der Waals surface area contributed by atoms with E-state index in [9.17, 15) is 9.59 Å². The fraction of sp³-hybridized carbons (Fsp3) is 0.111. The van der Waals surface area contributed by atoms with E-state index in [0.29, 0.717) is 17.7 Å². The second kappa shape index (κ2) is 6.46. The number of fused-ring (bicyclic) bond motifs is 1. The molecule has 1 amide bonds. The van der Waals surface area contributed by atoms with Gasteiger partial charge in [-0.25, -0.2) is 4.79 Å². The van der Waals surface area contributed by atoms with Gasteiger partial charge in [-0.05, 0) is 36.2 Å². The minimum atomic E-state index is -0.637. The number of rotatable bonds is 4. The van der Waals surface area contributed by atoms with Crippen LogP contribution >= 0.6 is 0 Å². The van der Waals surface area contributed by atoms with Gasteiger partial charge in [0.15, 0.2) is 0 Å². The summed E-state index contributed by atoms with van der Waals surface area (Å²) in [5.74, 6) is -0.259. The van der Waals surface area contributed by atoms with Crippen LogP contribution in [0.2, 0.25) is 0 Å². The van der Waals surface area contributed by atoms with Crippen LogP contribution in [0.25, 0.3) is 11.0 Å². The van der Waals surface area contributed by atoms with Crippen LogP contribution in [0.1, 0.15) is 5.56 Å². The molecule has 2 aromatic carbocycles. The molecule has 0 bridgehead atoms. The van der Waals surface area contributed by atoms with Crippen LogP contribution < -0.4 is 16.7 Å². The Labute approximate surface area is 132 Å². The summed E-state index contributed by atoms with van der Waals surface area (Å²) in [4.78, 5) is 23.4. The molecule has 5 heteroatoms. The molecule has 1 atom stereocenters. The number of carbonyl (C=O) groups excluding carboxylic acids is 1. The summed E-state index contributed by atoms with van der Waals surface area (Å²) in [5.41, 5.74) is 7.65. The number of benzene rings is 2. The predicted molar refractivity (Wildman–Crippen MR) is 89.2 cm³/mol. The van der Waals surface area contributed by atoms with Crippen LogP contribution in [-0.2, 0) is 11.2 Å². The number of anilines is 1. The zero-order valence-corrected chi connectivity index (χ0v) is 12.4. The van der Waals surface area contributed by atoms with Crippen molar-refractivity contribution in [3.63, 3.8) is 0 Å². The summed E-state index contributed by atoms with van der Waals surface area (Å²) in [6.45, 7) is 0. The molecule has 0 spiro atoms. The van der Waals surface area contributed by atoms with Crippen molar-refractivity contribution >= 4 is 22.6 Å². The highest BCUT2D eigenvalue weighted by molar-refractivity contribution is 5.96. The monoisotopic (exact) mass is 308 g/mol. The maximum atomic E-state index is 12.2. The van der Waals surface area contributed by atoms with E-state index in [-0.39, 0.29) is 5.91 Å². The first-order valence-electron chi connectivity index (χ1n) is 7.26. The lowest BCUT2D eigenvalue weighted by molar-refractivity contribution is -0.117. The largest absolute Gasteiger partial charge is 0.423 e. The minimum absolute atomic E-state index is 0.259. The van der Waals surface area contributed by atoms with E-state index in [4.69, 9.17) is 10.2 Å². The fourth-order valence-electron chi connectivity index (χ4n) is 2.35. The second-order valence-corrected chi connectivity index (χ2v) is 5.29. The van der Waals surface area contributed by atoms with Crippen molar-refractivity contribution in [2.45, 2.75) is 12.5 Å². The number of nitrogens with one attached hydrogen (secondary N) is 1. The summed E-state index contributed by atoms with van der Waals surface area (Å²) < 4.78 is 5.06. The Bertz CT molecular complexity index is 887. The van der Waals surface area contributed by atoms with E-state index in [0.717, 1.165) is 10.9 Å². The zero-order valence-electron chi connectivity index (χ0n) is 12.4. The van der Waals surface area contributed by atoms with Gasteiger partial charge in [0.05, 0.1) is 6.04 Å². The molecule has 0 saturated heterocycles. The lowest BCUT2D eigenvalue weighted by atomic mass is 10.1. The van der Waals surface area contributed by atoms with Crippen molar-refractivity contribution in [2.75, 3.05) is 5.32 Å². The van der Waals surface area contributed by atoms with E-state index in [1.807, 2.05) is 30.3 Å². The highest BCUT2D eigenvalue weighted by Gasteiger charge is 2.14. The quantitative estimate of drug-likeness (QED) is 0.724. The Kier molecular flexibility index (Phi) is 4.21. The third-order valence-corrected chi connectivity index (χ3v) is 3.52. The van der Waals surface area contributed by atoms with Crippen LogP contribution in [0.4, 0.5) is 5.69 Å². The van der Waals surface area contributed by atoms with Gasteiger partial charge in [0.2, 0.25) is 5.91 Å². The first kappa shape index (κ1) is 15.0. The Morgan fingerprint density at radius 2 is 1.87 bits per heavy atom. The SMILES string of the molecule is NC(Cc1ccccc1)C(=O)Nc1ccc2oc(=O)ccc2c1. The summed E-state index contributed by atoms with van der Waals surface area (Å²) in [7, 11) is 0. The van der Waals surface area contributed by atoms with Gasteiger partial charge in [-0.2, -0.15) is 0 Å². The Hall–Kier alpha value is -2.92. The molecule has 1 aromatic heterocycles. The fourth-order valence-corrected chi connectivity index (χ4v) is 2.35. The van der Waals surface area contributed by atoms with E-state index in [2.05, 4.69) is 5.32 Å². The van der Waals surface area contributed by atoms with Crippen LogP contribution in [0.15, 0.2) is 69.9 Å². The number of hydrogen-bond acceptors (Lipinski definition) is 4. The Morgan fingerprint density at radius 3 is 2.65 bits per heavy atom. The Balaban J connectivity index is 1.72. The molecule has 3 rings (SSSR count). The van der Waals surface area contributed by atoms with Crippen molar-refractivity contribution in [3.05, 3.63) is 76.6 Å². The van der Waals surface area contributed by atoms with Gasteiger partial charge in [-0.3, -0.25) is 4.79 Å². The molecule has 0 aliphatic heterocycles. The summed E-state index contributed by atoms with van der Waals surface area (Å²) >= 11 is 0.